The molecule has 0 saturated carbocycles. The lowest BCUT2D eigenvalue weighted by Gasteiger charge is -2.17. The van der Waals surface area contributed by atoms with Crippen LogP contribution in [-0.4, -0.2) is 28.3 Å². The van der Waals surface area contributed by atoms with Crippen LogP contribution in [0, 0.1) is 19.8 Å². The predicted octanol–water partition coefficient (Wildman–Crippen LogP) is 4.48. The standard InChI is InChI=1S/C23H22ClN5O2/c1-14-10-15(2)26-23(25-14)28-19-5-3-4-18(12-19)27-22(31)16-11-21(30)29(13-16)20-8-6-17(24)7-9-20/h3-10,12,16H,11,13H2,1-2H3,(H,27,31)(H,25,26,28). The first-order valence-electron chi connectivity index (χ1n) is 9.93. The second kappa shape index (κ2) is 8.73. The fraction of sp³-hybridized carbons (Fsp3) is 0.217. The Bertz CT molecular complexity index is 1110. The van der Waals surface area contributed by atoms with E-state index < -0.39 is 5.92 Å². The first kappa shape index (κ1) is 20.8. The number of nitrogens with zero attached hydrogens (tertiary/aromatic N) is 3. The van der Waals surface area contributed by atoms with Crippen molar-refractivity contribution in [2.24, 2.45) is 5.92 Å². The van der Waals surface area contributed by atoms with Crippen LogP contribution >= 0.6 is 11.6 Å². The number of carbonyl (C=O) groups is 2. The topological polar surface area (TPSA) is 87.2 Å². The Kier molecular flexibility index (Phi) is 5.86. The number of aromatic nitrogens is 2. The summed E-state index contributed by atoms with van der Waals surface area (Å²) in [5.41, 5.74) is 3.88. The third-order valence-electron chi connectivity index (χ3n) is 5.00. The average molecular weight is 436 g/mol. The van der Waals surface area contributed by atoms with Crippen molar-refractivity contribution in [1.29, 1.82) is 0 Å². The number of anilines is 4. The molecule has 0 bridgehead atoms. The van der Waals surface area contributed by atoms with Gasteiger partial charge < -0.3 is 15.5 Å². The first-order valence-corrected chi connectivity index (χ1v) is 10.3. The van der Waals surface area contributed by atoms with Crippen LogP contribution in [0.1, 0.15) is 17.8 Å². The number of rotatable bonds is 5. The summed E-state index contributed by atoms with van der Waals surface area (Å²) in [6.07, 6.45) is 0.169. The average Bonchev–Trinajstić information content (AvgIpc) is 3.10. The fourth-order valence-electron chi connectivity index (χ4n) is 3.58. The zero-order chi connectivity index (χ0) is 22.0. The summed E-state index contributed by atoms with van der Waals surface area (Å²) >= 11 is 5.92. The highest BCUT2D eigenvalue weighted by Gasteiger charge is 2.35. The molecule has 1 saturated heterocycles. The highest BCUT2D eigenvalue weighted by molar-refractivity contribution is 6.30. The van der Waals surface area contributed by atoms with Gasteiger partial charge in [-0.25, -0.2) is 9.97 Å². The van der Waals surface area contributed by atoms with Gasteiger partial charge in [-0.05, 0) is 62.4 Å². The van der Waals surface area contributed by atoms with Crippen LogP contribution in [0.25, 0.3) is 0 Å². The van der Waals surface area contributed by atoms with Gasteiger partial charge in [-0.15, -0.1) is 0 Å². The van der Waals surface area contributed by atoms with Crippen molar-refractivity contribution >= 4 is 46.4 Å². The molecule has 0 aliphatic carbocycles. The summed E-state index contributed by atoms with van der Waals surface area (Å²) in [7, 11) is 0. The number of hydrogen-bond donors (Lipinski definition) is 2. The lowest BCUT2D eigenvalue weighted by molar-refractivity contribution is -0.122. The minimum Gasteiger partial charge on any atom is -0.326 e. The maximum Gasteiger partial charge on any atom is 0.229 e. The zero-order valence-corrected chi connectivity index (χ0v) is 18.0. The molecule has 2 amide bonds. The number of amides is 2. The molecule has 2 heterocycles. The van der Waals surface area contributed by atoms with Gasteiger partial charge in [0.05, 0.1) is 5.92 Å². The summed E-state index contributed by atoms with van der Waals surface area (Å²) in [5, 5.41) is 6.68. The smallest absolute Gasteiger partial charge is 0.229 e. The maximum absolute atomic E-state index is 12.8. The minimum absolute atomic E-state index is 0.0788. The molecule has 0 spiro atoms. The van der Waals surface area contributed by atoms with Gasteiger partial charge in [0.15, 0.2) is 0 Å². The van der Waals surface area contributed by atoms with Crippen LogP contribution in [0.3, 0.4) is 0 Å². The zero-order valence-electron chi connectivity index (χ0n) is 17.2. The van der Waals surface area contributed by atoms with Crippen molar-refractivity contribution in [3.63, 3.8) is 0 Å². The van der Waals surface area contributed by atoms with Gasteiger partial charge in [-0.1, -0.05) is 17.7 Å². The van der Waals surface area contributed by atoms with Crippen molar-refractivity contribution in [1.82, 2.24) is 9.97 Å². The van der Waals surface area contributed by atoms with E-state index in [9.17, 15) is 9.59 Å². The number of benzene rings is 2. The molecule has 3 aromatic rings. The molecule has 0 radical (unpaired) electrons. The summed E-state index contributed by atoms with van der Waals surface area (Å²) < 4.78 is 0. The third kappa shape index (κ3) is 5.00. The lowest BCUT2D eigenvalue weighted by atomic mass is 10.1. The SMILES string of the molecule is Cc1cc(C)nc(Nc2cccc(NC(=O)C3CC(=O)N(c4ccc(Cl)cc4)C3)c2)n1. The van der Waals surface area contributed by atoms with Crippen molar-refractivity contribution < 1.29 is 9.59 Å². The van der Waals surface area contributed by atoms with Gasteiger partial charge in [0, 0.05) is 46.4 Å². The van der Waals surface area contributed by atoms with E-state index in [1.807, 2.05) is 38.1 Å². The van der Waals surface area contributed by atoms with Crippen LogP contribution in [0.5, 0.6) is 0 Å². The van der Waals surface area contributed by atoms with E-state index in [-0.39, 0.29) is 18.2 Å². The molecule has 2 N–H and O–H groups in total. The van der Waals surface area contributed by atoms with E-state index in [4.69, 9.17) is 11.6 Å². The van der Waals surface area contributed by atoms with Crippen molar-refractivity contribution in [3.05, 3.63) is 71.0 Å². The maximum atomic E-state index is 12.8. The molecule has 1 aliphatic rings. The Balaban J connectivity index is 1.42. The van der Waals surface area contributed by atoms with Gasteiger partial charge in [0.2, 0.25) is 17.8 Å². The Morgan fingerprint density at radius 1 is 1.03 bits per heavy atom. The minimum atomic E-state index is -0.428. The van der Waals surface area contributed by atoms with Gasteiger partial charge >= 0.3 is 0 Å². The highest BCUT2D eigenvalue weighted by atomic mass is 35.5. The quantitative estimate of drug-likeness (QED) is 0.616. The second-order valence-electron chi connectivity index (χ2n) is 7.55. The Morgan fingerprint density at radius 3 is 2.42 bits per heavy atom. The first-order chi connectivity index (χ1) is 14.9. The summed E-state index contributed by atoms with van der Waals surface area (Å²) in [4.78, 5) is 35.6. The van der Waals surface area contributed by atoms with E-state index in [0.29, 0.717) is 23.2 Å². The van der Waals surface area contributed by atoms with E-state index in [1.165, 1.54) is 0 Å². The van der Waals surface area contributed by atoms with E-state index >= 15 is 0 Å². The number of nitrogens with one attached hydrogen (secondary N) is 2. The summed E-state index contributed by atoms with van der Waals surface area (Å²) in [6, 6.07) is 16.3. The van der Waals surface area contributed by atoms with Crippen LogP contribution in [0.2, 0.25) is 5.02 Å². The molecule has 8 heteroatoms. The molecule has 1 atom stereocenters. The van der Waals surface area contributed by atoms with Crippen molar-refractivity contribution in [2.45, 2.75) is 20.3 Å². The Hall–Kier alpha value is -3.45. The monoisotopic (exact) mass is 435 g/mol. The van der Waals surface area contributed by atoms with E-state index in [2.05, 4.69) is 20.6 Å². The lowest BCUT2D eigenvalue weighted by Crippen LogP contribution is -2.28. The van der Waals surface area contributed by atoms with Gasteiger partial charge in [0.25, 0.3) is 0 Å². The van der Waals surface area contributed by atoms with Gasteiger partial charge in [0.1, 0.15) is 0 Å². The Morgan fingerprint density at radius 2 is 1.71 bits per heavy atom. The molecule has 1 aromatic heterocycles. The molecule has 7 nitrogen and oxygen atoms in total. The van der Waals surface area contributed by atoms with Crippen molar-refractivity contribution in [2.75, 3.05) is 22.1 Å². The molecule has 158 valence electrons. The number of halogens is 1. The molecule has 2 aromatic carbocycles. The molecule has 4 rings (SSSR count). The van der Waals surface area contributed by atoms with Gasteiger partial charge in [-0.3, -0.25) is 9.59 Å². The predicted molar refractivity (Wildman–Crippen MR) is 122 cm³/mol. The van der Waals surface area contributed by atoms with Crippen molar-refractivity contribution in [3.8, 4) is 0 Å². The molecule has 1 aliphatic heterocycles. The fourth-order valence-corrected chi connectivity index (χ4v) is 3.71. The van der Waals surface area contributed by atoms with E-state index in [0.717, 1.165) is 22.8 Å². The van der Waals surface area contributed by atoms with E-state index in [1.54, 1.807) is 35.2 Å². The number of aryl methyl sites for hydroxylation is 2. The van der Waals surface area contributed by atoms with Crippen LogP contribution in [0.4, 0.5) is 23.0 Å². The summed E-state index contributed by atoms with van der Waals surface area (Å²) in [6.45, 7) is 4.15. The summed E-state index contributed by atoms with van der Waals surface area (Å²) in [5.74, 6) is -0.196. The van der Waals surface area contributed by atoms with Crippen LogP contribution < -0.4 is 15.5 Å². The largest absolute Gasteiger partial charge is 0.326 e. The second-order valence-corrected chi connectivity index (χ2v) is 7.99. The highest BCUT2D eigenvalue weighted by Crippen LogP contribution is 2.27. The number of carbonyl (C=O) groups excluding carboxylic acids is 2. The third-order valence-corrected chi connectivity index (χ3v) is 5.25. The molecule has 1 unspecified atom stereocenters. The molecule has 31 heavy (non-hydrogen) atoms. The van der Waals surface area contributed by atoms with Gasteiger partial charge in [-0.2, -0.15) is 0 Å². The number of hydrogen-bond acceptors (Lipinski definition) is 5. The van der Waals surface area contributed by atoms with Crippen LogP contribution in [-0.2, 0) is 9.59 Å². The molecular formula is C23H22ClN5O2. The Labute approximate surface area is 185 Å². The van der Waals surface area contributed by atoms with Crippen LogP contribution in [0.15, 0.2) is 54.6 Å². The molecule has 1 fully saturated rings. The normalized spacial score (nSPS) is 15.8. The molecular weight excluding hydrogens is 414 g/mol.